The third-order valence-corrected chi connectivity index (χ3v) is 4.54. The van der Waals surface area contributed by atoms with E-state index in [0.717, 1.165) is 32.5 Å². The van der Waals surface area contributed by atoms with E-state index in [2.05, 4.69) is 17.1 Å². The van der Waals surface area contributed by atoms with Crippen molar-refractivity contribution >= 4 is 5.91 Å². The Morgan fingerprint density at radius 1 is 1.35 bits per heavy atom. The summed E-state index contributed by atoms with van der Waals surface area (Å²) in [6, 6.07) is 0. The highest BCUT2D eigenvalue weighted by Crippen LogP contribution is 2.38. The number of nitrogens with one attached hydrogen (secondary N) is 1. The monoisotopic (exact) mass is 238 g/mol. The average Bonchev–Trinajstić information content (AvgIpc) is 2.78. The molecule has 1 heterocycles. The van der Waals surface area contributed by atoms with Gasteiger partial charge in [0, 0.05) is 18.5 Å². The summed E-state index contributed by atoms with van der Waals surface area (Å²) in [4.78, 5) is 14.7. The summed E-state index contributed by atoms with van der Waals surface area (Å²) < 4.78 is 0. The van der Waals surface area contributed by atoms with Crippen LogP contribution in [0.3, 0.4) is 0 Å². The number of amides is 1. The van der Waals surface area contributed by atoms with Crippen molar-refractivity contribution in [3.8, 4) is 0 Å². The topological polar surface area (TPSA) is 32.3 Å². The summed E-state index contributed by atoms with van der Waals surface area (Å²) in [6.07, 6.45) is 7.14. The molecular weight excluding hydrogens is 212 g/mol. The van der Waals surface area contributed by atoms with Crippen molar-refractivity contribution < 1.29 is 4.79 Å². The molecule has 0 radical (unpaired) electrons. The van der Waals surface area contributed by atoms with E-state index in [1.165, 1.54) is 25.7 Å². The van der Waals surface area contributed by atoms with Crippen LogP contribution >= 0.6 is 0 Å². The number of hydrogen-bond acceptors (Lipinski definition) is 2. The molecule has 3 nitrogen and oxygen atoms in total. The summed E-state index contributed by atoms with van der Waals surface area (Å²) in [5.74, 6) is 1.09. The van der Waals surface area contributed by atoms with Gasteiger partial charge in [-0.05, 0) is 38.8 Å². The molecular formula is C14H26N2O. The normalized spacial score (nSPS) is 28.4. The molecule has 1 amide bonds. The lowest BCUT2D eigenvalue weighted by molar-refractivity contribution is -0.142. The number of carbonyl (C=O) groups excluding carboxylic acids is 1. The molecule has 2 fully saturated rings. The van der Waals surface area contributed by atoms with Gasteiger partial charge < -0.3 is 10.2 Å². The van der Waals surface area contributed by atoms with Crippen molar-refractivity contribution in [2.24, 2.45) is 11.3 Å². The van der Waals surface area contributed by atoms with Gasteiger partial charge in [-0.3, -0.25) is 4.79 Å². The van der Waals surface area contributed by atoms with Gasteiger partial charge in [0.05, 0.1) is 0 Å². The summed E-state index contributed by atoms with van der Waals surface area (Å²) in [5, 5.41) is 3.22. The Bertz CT molecular complexity index is 271. The van der Waals surface area contributed by atoms with E-state index in [-0.39, 0.29) is 5.41 Å². The lowest BCUT2D eigenvalue weighted by Crippen LogP contribution is -2.42. The zero-order chi connectivity index (χ0) is 12.3. The molecule has 1 aliphatic heterocycles. The zero-order valence-electron chi connectivity index (χ0n) is 11.3. The second-order valence-corrected chi connectivity index (χ2v) is 6.08. The molecule has 0 aromatic rings. The highest BCUT2D eigenvalue weighted by molar-refractivity contribution is 5.82. The van der Waals surface area contributed by atoms with Crippen molar-refractivity contribution in [3.63, 3.8) is 0 Å². The highest BCUT2D eigenvalue weighted by atomic mass is 16.2. The van der Waals surface area contributed by atoms with Crippen LogP contribution in [0.1, 0.15) is 45.4 Å². The minimum absolute atomic E-state index is 0.0488. The van der Waals surface area contributed by atoms with Crippen molar-refractivity contribution in [2.75, 3.05) is 26.7 Å². The van der Waals surface area contributed by atoms with Crippen LogP contribution in [-0.4, -0.2) is 37.5 Å². The van der Waals surface area contributed by atoms with Crippen LogP contribution in [-0.2, 0) is 4.79 Å². The molecule has 1 unspecified atom stereocenters. The number of hydrogen-bond donors (Lipinski definition) is 1. The molecule has 0 aromatic heterocycles. The summed E-state index contributed by atoms with van der Waals surface area (Å²) >= 11 is 0. The molecule has 0 aromatic carbocycles. The molecule has 98 valence electrons. The second kappa shape index (κ2) is 5.38. The van der Waals surface area contributed by atoms with Crippen LogP contribution < -0.4 is 5.32 Å². The number of carbonyl (C=O) groups is 1. The van der Waals surface area contributed by atoms with Crippen LogP contribution in [0, 0.1) is 11.3 Å². The molecule has 17 heavy (non-hydrogen) atoms. The molecule has 2 aliphatic rings. The molecule has 3 heteroatoms. The van der Waals surface area contributed by atoms with E-state index in [9.17, 15) is 4.79 Å². The van der Waals surface area contributed by atoms with Gasteiger partial charge in [-0.1, -0.05) is 26.2 Å². The molecule has 1 saturated carbocycles. The second-order valence-electron chi connectivity index (χ2n) is 6.08. The van der Waals surface area contributed by atoms with Gasteiger partial charge in [0.2, 0.25) is 5.91 Å². The Morgan fingerprint density at radius 2 is 2.06 bits per heavy atom. The number of likely N-dealkylation sites (tertiary alicyclic amines) is 1. The number of rotatable bonds is 3. The molecule has 1 N–H and O–H groups in total. The van der Waals surface area contributed by atoms with E-state index < -0.39 is 0 Å². The van der Waals surface area contributed by atoms with Gasteiger partial charge in [-0.2, -0.15) is 0 Å². The third kappa shape index (κ3) is 2.82. The Hall–Kier alpha value is -0.570. The highest BCUT2D eigenvalue weighted by Gasteiger charge is 2.39. The molecule has 1 atom stereocenters. The van der Waals surface area contributed by atoms with Crippen molar-refractivity contribution in [2.45, 2.75) is 45.4 Å². The van der Waals surface area contributed by atoms with Crippen LogP contribution in [0.4, 0.5) is 0 Å². The molecule has 2 rings (SSSR count). The summed E-state index contributed by atoms with van der Waals surface area (Å²) in [6.45, 7) is 5.16. The van der Waals surface area contributed by atoms with Gasteiger partial charge in [0.15, 0.2) is 0 Å². The smallest absolute Gasteiger partial charge is 0.228 e. The Balaban J connectivity index is 1.91. The van der Waals surface area contributed by atoms with Crippen LogP contribution in [0.2, 0.25) is 0 Å². The first kappa shape index (κ1) is 12.9. The first-order valence-electron chi connectivity index (χ1n) is 7.10. The lowest BCUT2D eigenvalue weighted by Gasteiger charge is -2.35. The minimum Gasteiger partial charge on any atom is -0.342 e. The van der Waals surface area contributed by atoms with Crippen LogP contribution in [0.25, 0.3) is 0 Å². The quantitative estimate of drug-likeness (QED) is 0.816. The largest absolute Gasteiger partial charge is 0.342 e. The predicted molar refractivity (Wildman–Crippen MR) is 69.8 cm³/mol. The molecule has 1 saturated heterocycles. The van der Waals surface area contributed by atoms with Crippen LogP contribution in [0.5, 0.6) is 0 Å². The standard InChI is InChI=1S/C14H26N2O/c1-14(7-4-3-5-8-14)13(17)16-9-6-12(11-16)10-15-2/h12,15H,3-11H2,1-2H3. The van der Waals surface area contributed by atoms with E-state index in [4.69, 9.17) is 0 Å². The summed E-state index contributed by atoms with van der Waals surface area (Å²) in [7, 11) is 1.99. The lowest BCUT2D eigenvalue weighted by atomic mass is 9.74. The van der Waals surface area contributed by atoms with Crippen LogP contribution in [0.15, 0.2) is 0 Å². The van der Waals surface area contributed by atoms with Gasteiger partial charge >= 0.3 is 0 Å². The fourth-order valence-corrected chi connectivity index (χ4v) is 3.40. The van der Waals surface area contributed by atoms with E-state index >= 15 is 0 Å². The van der Waals surface area contributed by atoms with E-state index in [1.807, 2.05) is 7.05 Å². The van der Waals surface area contributed by atoms with E-state index in [1.54, 1.807) is 0 Å². The maximum absolute atomic E-state index is 12.6. The third-order valence-electron chi connectivity index (χ3n) is 4.54. The Morgan fingerprint density at radius 3 is 2.71 bits per heavy atom. The maximum Gasteiger partial charge on any atom is 0.228 e. The molecule has 0 bridgehead atoms. The average molecular weight is 238 g/mol. The maximum atomic E-state index is 12.6. The zero-order valence-corrected chi connectivity index (χ0v) is 11.3. The predicted octanol–water partition coefficient (Wildman–Crippen LogP) is 2.02. The molecule has 0 spiro atoms. The first-order chi connectivity index (χ1) is 8.15. The first-order valence-corrected chi connectivity index (χ1v) is 7.10. The minimum atomic E-state index is -0.0488. The van der Waals surface area contributed by atoms with E-state index in [0.29, 0.717) is 11.8 Å². The van der Waals surface area contributed by atoms with Crippen molar-refractivity contribution in [3.05, 3.63) is 0 Å². The Labute approximate surface area is 105 Å². The van der Waals surface area contributed by atoms with Gasteiger partial charge in [0.1, 0.15) is 0 Å². The number of nitrogens with zero attached hydrogens (tertiary/aromatic N) is 1. The fourth-order valence-electron chi connectivity index (χ4n) is 3.40. The SMILES string of the molecule is CNCC1CCN(C(=O)C2(C)CCCCC2)C1. The van der Waals surface area contributed by atoms with Gasteiger partial charge in [-0.15, -0.1) is 0 Å². The molecule has 1 aliphatic carbocycles. The van der Waals surface area contributed by atoms with Crippen molar-refractivity contribution in [1.82, 2.24) is 10.2 Å². The van der Waals surface area contributed by atoms with Crippen molar-refractivity contribution in [1.29, 1.82) is 0 Å². The summed E-state index contributed by atoms with van der Waals surface area (Å²) in [5.41, 5.74) is -0.0488. The van der Waals surface area contributed by atoms with Gasteiger partial charge in [0.25, 0.3) is 0 Å². The van der Waals surface area contributed by atoms with Gasteiger partial charge in [-0.25, -0.2) is 0 Å². The fraction of sp³-hybridized carbons (Fsp3) is 0.929. The Kier molecular flexibility index (Phi) is 4.08.